The molecule has 1 unspecified atom stereocenters. The average molecular weight is 325 g/mol. The van der Waals surface area contributed by atoms with Crippen molar-refractivity contribution in [2.24, 2.45) is 0 Å². The van der Waals surface area contributed by atoms with Crippen molar-refractivity contribution < 1.29 is 23.1 Å². The van der Waals surface area contributed by atoms with Gasteiger partial charge in [0, 0.05) is 6.26 Å². The van der Waals surface area contributed by atoms with E-state index in [1.54, 1.807) is 18.2 Å². The highest BCUT2D eigenvalue weighted by Crippen LogP contribution is 2.16. The molecule has 0 radical (unpaired) electrons. The van der Waals surface area contributed by atoms with Crippen LogP contribution in [-0.2, 0) is 25.8 Å². The van der Waals surface area contributed by atoms with Gasteiger partial charge in [0.2, 0.25) is 5.91 Å². The van der Waals surface area contributed by atoms with Crippen molar-refractivity contribution in [2.45, 2.75) is 30.2 Å². The number of carbonyl (C=O) groups excluding carboxylic acids is 1. The first-order chi connectivity index (χ1) is 10.3. The van der Waals surface area contributed by atoms with Crippen molar-refractivity contribution in [1.82, 2.24) is 5.32 Å². The van der Waals surface area contributed by atoms with Crippen molar-refractivity contribution >= 4 is 21.7 Å². The maximum Gasteiger partial charge on any atom is 0.326 e. The summed E-state index contributed by atoms with van der Waals surface area (Å²) in [6.07, 6.45) is 3.13. The molecule has 1 rings (SSSR count). The van der Waals surface area contributed by atoms with Gasteiger partial charge in [-0.25, -0.2) is 13.2 Å². The van der Waals surface area contributed by atoms with E-state index in [9.17, 15) is 18.0 Å². The zero-order valence-electron chi connectivity index (χ0n) is 12.3. The quantitative estimate of drug-likeness (QED) is 0.699. The topological polar surface area (TPSA) is 101 Å². The van der Waals surface area contributed by atoms with Gasteiger partial charge in [-0.05, 0) is 24.5 Å². The molecular weight excluding hydrogens is 306 g/mol. The van der Waals surface area contributed by atoms with Crippen molar-refractivity contribution in [1.29, 1.82) is 0 Å². The lowest BCUT2D eigenvalue weighted by atomic mass is 10.1. The lowest BCUT2D eigenvalue weighted by Gasteiger charge is -2.14. The van der Waals surface area contributed by atoms with Crippen LogP contribution in [0.1, 0.15) is 18.4 Å². The average Bonchev–Trinajstić information content (AvgIpc) is 2.42. The second-order valence-electron chi connectivity index (χ2n) is 4.88. The fourth-order valence-corrected chi connectivity index (χ4v) is 2.91. The van der Waals surface area contributed by atoms with E-state index in [-0.39, 0.29) is 17.7 Å². The van der Waals surface area contributed by atoms with Crippen molar-refractivity contribution in [2.75, 3.05) is 6.26 Å². The maximum atomic E-state index is 12.0. The molecule has 0 aromatic heterocycles. The third-order valence-corrected chi connectivity index (χ3v) is 4.21. The largest absolute Gasteiger partial charge is 0.480 e. The maximum absolute atomic E-state index is 12.0. The number of nitrogens with one attached hydrogen (secondary N) is 1. The molecule has 0 aliphatic rings. The number of rotatable bonds is 8. The summed E-state index contributed by atoms with van der Waals surface area (Å²) >= 11 is 0. The highest BCUT2D eigenvalue weighted by atomic mass is 32.2. The molecule has 0 aliphatic heterocycles. The number of hydrogen-bond donors (Lipinski definition) is 2. The van der Waals surface area contributed by atoms with Gasteiger partial charge in [-0.3, -0.25) is 4.79 Å². The molecule has 1 amide bonds. The van der Waals surface area contributed by atoms with Gasteiger partial charge in [-0.2, -0.15) is 0 Å². The minimum atomic E-state index is -3.45. The molecule has 0 saturated carbocycles. The smallest absolute Gasteiger partial charge is 0.326 e. The SMILES string of the molecule is C=CCCC(NC(=O)Cc1ccccc1S(C)(=O)=O)C(=O)O. The molecule has 7 heteroatoms. The van der Waals surface area contributed by atoms with Crippen LogP contribution in [0, 0.1) is 0 Å². The Bertz CT molecular complexity index is 666. The first-order valence-electron chi connectivity index (χ1n) is 6.66. The summed E-state index contributed by atoms with van der Waals surface area (Å²) in [5.74, 6) is -1.67. The molecule has 0 aliphatic carbocycles. The number of benzene rings is 1. The monoisotopic (exact) mass is 325 g/mol. The Hall–Kier alpha value is -2.15. The molecule has 0 heterocycles. The zero-order chi connectivity index (χ0) is 16.8. The molecule has 0 saturated heterocycles. The number of aliphatic carboxylic acids is 1. The highest BCUT2D eigenvalue weighted by Gasteiger charge is 2.21. The second-order valence-corrected chi connectivity index (χ2v) is 6.87. The van der Waals surface area contributed by atoms with Crippen LogP contribution < -0.4 is 5.32 Å². The molecule has 1 aromatic carbocycles. The predicted molar refractivity (Wildman–Crippen MR) is 82.3 cm³/mol. The van der Waals surface area contributed by atoms with Gasteiger partial charge in [0.1, 0.15) is 6.04 Å². The van der Waals surface area contributed by atoms with Crippen LogP contribution in [-0.4, -0.2) is 37.7 Å². The van der Waals surface area contributed by atoms with Crippen LogP contribution in [0.3, 0.4) is 0 Å². The molecule has 22 heavy (non-hydrogen) atoms. The third kappa shape index (κ3) is 5.33. The molecule has 1 atom stereocenters. The number of hydrogen-bond acceptors (Lipinski definition) is 4. The molecule has 0 fully saturated rings. The van der Waals surface area contributed by atoms with Gasteiger partial charge in [0.15, 0.2) is 9.84 Å². The Balaban J connectivity index is 2.85. The number of amides is 1. The zero-order valence-corrected chi connectivity index (χ0v) is 13.1. The predicted octanol–water partition coefficient (Wildman–Crippen LogP) is 1.17. The Morgan fingerprint density at radius 2 is 2.00 bits per heavy atom. The van der Waals surface area contributed by atoms with E-state index in [0.29, 0.717) is 12.0 Å². The summed E-state index contributed by atoms with van der Waals surface area (Å²) in [7, 11) is -3.45. The van der Waals surface area contributed by atoms with Crippen LogP contribution in [0.25, 0.3) is 0 Å². The highest BCUT2D eigenvalue weighted by molar-refractivity contribution is 7.90. The Morgan fingerprint density at radius 1 is 1.36 bits per heavy atom. The Morgan fingerprint density at radius 3 is 2.55 bits per heavy atom. The number of carboxylic acids is 1. The summed E-state index contributed by atoms with van der Waals surface area (Å²) in [6.45, 7) is 3.51. The minimum absolute atomic E-state index is 0.0723. The molecule has 0 spiro atoms. The third-order valence-electron chi connectivity index (χ3n) is 3.02. The summed E-state index contributed by atoms with van der Waals surface area (Å²) in [5, 5.41) is 11.5. The number of sulfone groups is 1. The van der Waals surface area contributed by atoms with E-state index in [0.717, 1.165) is 6.26 Å². The fraction of sp³-hybridized carbons (Fsp3) is 0.333. The van der Waals surface area contributed by atoms with Crippen molar-refractivity contribution in [3.63, 3.8) is 0 Å². The van der Waals surface area contributed by atoms with E-state index in [1.165, 1.54) is 12.1 Å². The summed E-state index contributed by atoms with van der Waals surface area (Å²) in [6, 6.07) is 5.14. The second kappa shape index (κ2) is 7.74. The molecule has 2 N–H and O–H groups in total. The fourth-order valence-electron chi connectivity index (χ4n) is 1.97. The summed E-state index contributed by atoms with van der Waals surface area (Å²) < 4.78 is 23.3. The molecule has 1 aromatic rings. The van der Waals surface area contributed by atoms with E-state index < -0.39 is 27.8 Å². The lowest BCUT2D eigenvalue weighted by Crippen LogP contribution is -2.41. The number of allylic oxidation sites excluding steroid dienone is 1. The van der Waals surface area contributed by atoms with Gasteiger partial charge in [0.05, 0.1) is 11.3 Å². The van der Waals surface area contributed by atoms with E-state index in [1.807, 2.05) is 0 Å². The lowest BCUT2D eigenvalue weighted by molar-refractivity contribution is -0.141. The van der Waals surface area contributed by atoms with E-state index in [4.69, 9.17) is 5.11 Å². The first-order valence-corrected chi connectivity index (χ1v) is 8.56. The van der Waals surface area contributed by atoms with Crippen LogP contribution in [0.5, 0.6) is 0 Å². The molecule has 0 bridgehead atoms. The normalized spacial score (nSPS) is 12.4. The van der Waals surface area contributed by atoms with Gasteiger partial charge in [-0.15, -0.1) is 6.58 Å². The van der Waals surface area contributed by atoms with Crippen LogP contribution >= 0.6 is 0 Å². The Labute approximate surface area is 129 Å². The van der Waals surface area contributed by atoms with Crippen molar-refractivity contribution in [3.05, 3.63) is 42.5 Å². The Kier molecular flexibility index (Phi) is 6.30. The van der Waals surface area contributed by atoms with Crippen LogP contribution in [0.2, 0.25) is 0 Å². The summed E-state index contributed by atoms with van der Waals surface area (Å²) in [4.78, 5) is 23.1. The molecule has 120 valence electrons. The minimum Gasteiger partial charge on any atom is -0.480 e. The first kappa shape index (κ1) is 17.9. The summed E-state index contributed by atoms with van der Waals surface area (Å²) in [5.41, 5.74) is 0.343. The van der Waals surface area contributed by atoms with Gasteiger partial charge < -0.3 is 10.4 Å². The van der Waals surface area contributed by atoms with Gasteiger partial charge in [-0.1, -0.05) is 24.3 Å². The molecular formula is C15H19NO5S. The number of carbonyl (C=O) groups is 2. The van der Waals surface area contributed by atoms with E-state index in [2.05, 4.69) is 11.9 Å². The van der Waals surface area contributed by atoms with Crippen LogP contribution in [0.4, 0.5) is 0 Å². The molecule has 6 nitrogen and oxygen atoms in total. The van der Waals surface area contributed by atoms with Crippen molar-refractivity contribution in [3.8, 4) is 0 Å². The van der Waals surface area contributed by atoms with Gasteiger partial charge in [0.25, 0.3) is 0 Å². The van der Waals surface area contributed by atoms with Crippen LogP contribution in [0.15, 0.2) is 41.8 Å². The van der Waals surface area contributed by atoms with E-state index >= 15 is 0 Å². The standard InChI is InChI=1S/C15H19NO5S/c1-3-4-8-12(15(18)19)16-14(17)10-11-7-5-6-9-13(11)22(2,20)21/h3,5-7,9,12H,1,4,8,10H2,2H3,(H,16,17)(H,18,19). The number of carboxylic acid groups (broad SMARTS) is 1. The van der Waals surface area contributed by atoms with Gasteiger partial charge >= 0.3 is 5.97 Å².